The molecule has 0 N–H and O–H groups in total. The lowest BCUT2D eigenvalue weighted by Gasteiger charge is -2.36. The van der Waals surface area contributed by atoms with Crippen LogP contribution in [0.25, 0.3) is 0 Å². The van der Waals surface area contributed by atoms with Crippen LogP contribution in [0.1, 0.15) is 49.3 Å². The molecule has 2 aliphatic heterocycles. The molecule has 3 rings (SSSR count). The number of carbonyl (C=O) groups excluding carboxylic acids is 2. The van der Waals surface area contributed by atoms with Crippen molar-refractivity contribution in [1.82, 2.24) is 19.8 Å². The summed E-state index contributed by atoms with van der Waals surface area (Å²) in [5.74, 6) is 1.60. The molecule has 1 aromatic heterocycles. The summed E-state index contributed by atoms with van der Waals surface area (Å²) in [5.41, 5.74) is 2.00. The quantitative estimate of drug-likeness (QED) is 0.785. The van der Waals surface area contributed by atoms with Crippen LogP contribution in [0, 0.1) is 0 Å². The van der Waals surface area contributed by atoms with E-state index in [1.54, 1.807) is 6.92 Å². The van der Waals surface area contributed by atoms with E-state index < -0.39 is 0 Å². The van der Waals surface area contributed by atoms with Crippen molar-refractivity contribution in [3.63, 3.8) is 0 Å². The Labute approximate surface area is 160 Å². The lowest BCUT2D eigenvalue weighted by atomic mass is 9.99. The number of methoxy groups -OCH3 is 1. The van der Waals surface area contributed by atoms with Crippen molar-refractivity contribution in [3.05, 3.63) is 17.1 Å². The van der Waals surface area contributed by atoms with Crippen LogP contribution < -0.4 is 4.90 Å². The molecule has 0 spiro atoms. The molecule has 1 aromatic rings. The van der Waals surface area contributed by atoms with E-state index in [0.717, 1.165) is 36.3 Å². The number of ether oxygens (including phenoxy) is 1. The second-order valence-corrected chi connectivity index (χ2v) is 7.45. The molecular formula is C19H29N5O3. The number of hydrogen-bond donors (Lipinski definition) is 0. The summed E-state index contributed by atoms with van der Waals surface area (Å²) < 4.78 is 5.05. The lowest BCUT2D eigenvalue weighted by Crippen LogP contribution is -2.42. The van der Waals surface area contributed by atoms with E-state index in [-0.39, 0.29) is 24.5 Å². The van der Waals surface area contributed by atoms with Gasteiger partial charge in [-0.25, -0.2) is 9.97 Å². The van der Waals surface area contributed by atoms with Crippen molar-refractivity contribution in [2.24, 2.45) is 0 Å². The van der Waals surface area contributed by atoms with Crippen molar-refractivity contribution < 1.29 is 14.3 Å². The maximum absolute atomic E-state index is 12.5. The van der Waals surface area contributed by atoms with Gasteiger partial charge in [-0.1, -0.05) is 0 Å². The van der Waals surface area contributed by atoms with Gasteiger partial charge in [0, 0.05) is 53.2 Å². The molecule has 0 aliphatic carbocycles. The zero-order valence-corrected chi connectivity index (χ0v) is 16.7. The minimum absolute atomic E-state index is 0.0160. The molecule has 0 aromatic carbocycles. The second kappa shape index (κ2) is 8.21. The van der Waals surface area contributed by atoms with E-state index in [2.05, 4.69) is 0 Å². The highest BCUT2D eigenvalue weighted by Crippen LogP contribution is 2.33. The Morgan fingerprint density at radius 2 is 2.00 bits per heavy atom. The predicted octanol–water partition coefficient (Wildman–Crippen LogP) is 1.15. The van der Waals surface area contributed by atoms with Crippen molar-refractivity contribution in [1.29, 1.82) is 0 Å². The molecule has 2 amide bonds. The fourth-order valence-corrected chi connectivity index (χ4v) is 3.91. The average Bonchev–Trinajstić information content (AvgIpc) is 2.66. The van der Waals surface area contributed by atoms with Gasteiger partial charge in [0.2, 0.25) is 11.8 Å². The molecule has 27 heavy (non-hydrogen) atoms. The summed E-state index contributed by atoms with van der Waals surface area (Å²) in [6.45, 7) is 3.59. The smallest absolute Gasteiger partial charge is 0.249 e. The van der Waals surface area contributed by atoms with Gasteiger partial charge in [0.25, 0.3) is 0 Å². The zero-order valence-electron chi connectivity index (χ0n) is 16.7. The van der Waals surface area contributed by atoms with Gasteiger partial charge < -0.3 is 19.4 Å². The van der Waals surface area contributed by atoms with E-state index in [4.69, 9.17) is 14.7 Å². The maximum Gasteiger partial charge on any atom is 0.249 e. The topological polar surface area (TPSA) is 78.9 Å². The van der Waals surface area contributed by atoms with Crippen LogP contribution in [0.5, 0.6) is 0 Å². The van der Waals surface area contributed by atoms with Gasteiger partial charge in [-0.2, -0.15) is 0 Å². The Morgan fingerprint density at radius 1 is 1.22 bits per heavy atom. The first kappa shape index (κ1) is 19.5. The molecule has 148 valence electrons. The SMILES string of the molecule is COCC(=O)N1CCCC[C@@H]1c1nc2c(c(N(C)C)n1)CN(C(C)=O)CC2. The van der Waals surface area contributed by atoms with Gasteiger partial charge in [-0.3, -0.25) is 9.59 Å². The number of aromatic nitrogens is 2. The number of hydrogen-bond acceptors (Lipinski definition) is 6. The van der Waals surface area contributed by atoms with Crippen LogP contribution in [-0.2, 0) is 27.3 Å². The highest BCUT2D eigenvalue weighted by atomic mass is 16.5. The first-order valence-corrected chi connectivity index (χ1v) is 9.53. The van der Waals surface area contributed by atoms with Gasteiger partial charge in [-0.05, 0) is 19.3 Å². The van der Waals surface area contributed by atoms with E-state index in [1.165, 1.54) is 7.11 Å². The van der Waals surface area contributed by atoms with Crippen LogP contribution in [0.3, 0.4) is 0 Å². The molecular weight excluding hydrogens is 346 g/mol. The van der Waals surface area contributed by atoms with Gasteiger partial charge in [0.1, 0.15) is 12.4 Å². The second-order valence-electron chi connectivity index (χ2n) is 7.45. The molecule has 1 fully saturated rings. The van der Waals surface area contributed by atoms with Gasteiger partial charge in [0.15, 0.2) is 5.82 Å². The lowest BCUT2D eigenvalue weighted by molar-refractivity contribution is -0.139. The normalized spacial score (nSPS) is 19.6. The maximum atomic E-state index is 12.5. The minimum Gasteiger partial charge on any atom is -0.375 e. The molecule has 1 atom stereocenters. The van der Waals surface area contributed by atoms with Crippen LogP contribution in [0.15, 0.2) is 0 Å². The van der Waals surface area contributed by atoms with Crippen LogP contribution >= 0.6 is 0 Å². The minimum atomic E-state index is -0.115. The third kappa shape index (κ3) is 4.05. The van der Waals surface area contributed by atoms with Gasteiger partial charge in [0.05, 0.1) is 18.3 Å². The molecule has 0 saturated carbocycles. The van der Waals surface area contributed by atoms with Crippen LogP contribution in [0.2, 0.25) is 0 Å². The fourth-order valence-electron chi connectivity index (χ4n) is 3.91. The third-order valence-corrected chi connectivity index (χ3v) is 5.31. The van der Waals surface area contributed by atoms with Gasteiger partial charge >= 0.3 is 0 Å². The standard InChI is InChI=1S/C19H29N5O3/c1-13(25)23-10-8-15-14(11-23)19(22(2)3)21-18(20-15)16-7-5-6-9-24(16)17(26)12-27-4/h16H,5-12H2,1-4H3/t16-/m1/s1. The van der Waals surface area contributed by atoms with Crippen molar-refractivity contribution >= 4 is 17.6 Å². The molecule has 3 heterocycles. The predicted molar refractivity (Wildman–Crippen MR) is 101 cm³/mol. The first-order chi connectivity index (χ1) is 12.9. The van der Waals surface area contributed by atoms with Crippen molar-refractivity contribution in [3.8, 4) is 0 Å². The summed E-state index contributed by atoms with van der Waals surface area (Å²) in [6.07, 6.45) is 3.62. The molecule has 0 radical (unpaired) electrons. The fraction of sp³-hybridized carbons (Fsp3) is 0.684. The van der Waals surface area contributed by atoms with Crippen LogP contribution in [-0.4, -0.2) is 72.5 Å². The van der Waals surface area contributed by atoms with Crippen LogP contribution in [0.4, 0.5) is 5.82 Å². The van der Waals surface area contributed by atoms with Crippen molar-refractivity contribution in [2.75, 3.05) is 45.8 Å². The van der Waals surface area contributed by atoms with Crippen molar-refractivity contribution in [2.45, 2.75) is 45.2 Å². The highest BCUT2D eigenvalue weighted by molar-refractivity contribution is 5.78. The summed E-state index contributed by atoms with van der Waals surface area (Å²) >= 11 is 0. The Balaban J connectivity index is 1.97. The molecule has 0 bridgehead atoms. The van der Waals surface area contributed by atoms with E-state index >= 15 is 0 Å². The number of piperidine rings is 1. The molecule has 8 nitrogen and oxygen atoms in total. The zero-order chi connectivity index (χ0) is 19.6. The summed E-state index contributed by atoms with van der Waals surface area (Å²) in [4.78, 5) is 39.6. The number of fused-ring (bicyclic) bond motifs is 1. The Hall–Kier alpha value is -2.22. The number of carbonyl (C=O) groups is 2. The summed E-state index contributed by atoms with van der Waals surface area (Å²) in [7, 11) is 5.44. The Kier molecular flexibility index (Phi) is 5.94. The Bertz CT molecular complexity index is 722. The van der Waals surface area contributed by atoms with E-state index in [1.807, 2.05) is 28.8 Å². The number of rotatable bonds is 4. The summed E-state index contributed by atoms with van der Waals surface area (Å²) in [5, 5.41) is 0. The monoisotopic (exact) mass is 375 g/mol. The van der Waals surface area contributed by atoms with E-state index in [0.29, 0.717) is 31.9 Å². The van der Waals surface area contributed by atoms with E-state index in [9.17, 15) is 9.59 Å². The third-order valence-electron chi connectivity index (χ3n) is 5.31. The van der Waals surface area contributed by atoms with Gasteiger partial charge in [-0.15, -0.1) is 0 Å². The molecule has 8 heteroatoms. The number of nitrogens with zero attached hydrogens (tertiary/aromatic N) is 5. The number of anilines is 1. The number of amides is 2. The Morgan fingerprint density at radius 3 is 2.67 bits per heavy atom. The molecule has 1 saturated heterocycles. The molecule has 2 aliphatic rings. The highest BCUT2D eigenvalue weighted by Gasteiger charge is 2.32. The average molecular weight is 375 g/mol. The first-order valence-electron chi connectivity index (χ1n) is 9.53. The number of likely N-dealkylation sites (tertiary alicyclic amines) is 1. The largest absolute Gasteiger partial charge is 0.375 e. The summed E-state index contributed by atoms with van der Waals surface area (Å²) in [6, 6.07) is -0.115. The molecule has 0 unspecified atom stereocenters.